The Morgan fingerprint density at radius 3 is 2.10 bits per heavy atom. The highest BCUT2D eigenvalue weighted by atomic mass is 32.1. The zero-order valence-electron chi connectivity index (χ0n) is 19.4. The molecule has 0 radical (unpaired) electrons. The van der Waals surface area contributed by atoms with Gasteiger partial charge in [0.1, 0.15) is 0 Å². The van der Waals surface area contributed by atoms with Crippen molar-refractivity contribution < 1.29 is 0 Å². The molecule has 3 heteroatoms. The molecule has 1 heterocycles. The molecule has 1 aliphatic heterocycles. The first-order valence-electron chi connectivity index (χ1n) is 10.4. The topological polar surface area (TPSA) is 24.1 Å². The third-order valence-electron chi connectivity index (χ3n) is 4.62. The van der Waals surface area contributed by atoms with E-state index < -0.39 is 0 Å². The molecule has 0 spiro atoms. The lowest BCUT2D eigenvalue weighted by molar-refractivity contribution is 0.432. The van der Waals surface area contributed by atoms with Gasteiger partial charge in [-0.1, -0.05) is 67.5 Å². The number of hydrogen-bond acceptors (Lipinski definition) is 3. The Hall–Kier alpha value is -1.89. The molecule has 0 aliphatic carbocycles. The van der Waals surface area contributed by atoms with Crippen LogP contribution in [0.3, 0.4) is 0 Å². The fraction of sp³-hybridized carbons (Fsp3) is 0.462. The molecule has 1 unspecified atom stereocenters. The van der Waals surface area contributed by atoms with Gasteiger partial charge in [-0.25, -0.2) is 0 Å². The fourth-order valence-corrected chi connectivity index (χ4v) is 3.00. The van der Waals surface area contributed by atoms with Crippen LogP contribution in [0.4, 0.5) is 0 Å². The summed E-state index contributed by atoms with van der Waals surface area (Å²) in [6, 6.07) is 8.48. The van der Waals surface area contributed by atoms with Crippen LogP contribution >= 0.6 is 12.6 Å². The molecule has 1 atom stereocenters. The van der Waals surface area contributed by atoms with E-state index >= 15 is 0 Å². The van der Waals surface area contributed by atoms with Gasteiger partial charge in [-0.05, 0) is 57.9 Å². The normalized spacial score (nSPS) is 18.8. The Balaban J connectivity index is 0.000000498. The zero-order chi connectivity index (χ0) is 22.3. The van der Waals surface area contributed by atoms with Gasteiger partial charge < -0.3 is 5.32 Å². The molecule has 2 N–H and O–H groups in total. The van der Waals surface area contributed by atoms with Crippen LogP contribution in [0.5, 0.6) is 0 Å². The molecule has 0 amide bonds. The molecular formula is C26H40N2S. The molecule has 2 nitrogen and oxygen atoms in total. The van der Waals surface area contributed by atoms with E-state index in [-0.39, 0.29) is 5.54 Å². The summed E-state index contributed by atoms with van der Waals surface area (Å²) in [5, 5.41) is 6.83. The van der Waals surface area contributed by atoms with Gasteiger partial charge >= 0.3 is 0 Å². The van der Waals surface area contributed by atoms with Gasteiger partial charge in [-0.2, -0.15) is 0 Å². The molecule has 29 heavy (non-hydrogen) atoms. The number of terminal acetylenes is 1. The fourth-order valence-electron chi connectivity index (χ4n) is 2.92. The van der Waals surface area contributed by atoms with Crippen molar-refractivity contribution in [2.45, 2.75) is 73.3 Å². The third kappa shape index (κ3) is 11.6. The lowest BCUT2D eigenvalue weighted by Gasteiger charge is -2.37. The smallest absolute Gasteiger partial charge is 0.0659 e. The first-order valence-corrected chi connectivity index (χ1v) is 10.9. The van der Waals surface area contributed by atoms with Crippen LogP contribution in [0.2, 0.25) is 0 Å². The van der Waals surface area contributed by atoms with Crippen molar-refractivity contribution in [1.29, 1.82) is 0 Å². The number of unbranched alkanes of at least 4 members (excludes halogenated alkanes) is 1. The van der Waals surface area contributed by atoms with Gasteiger partial charge in [0.15, 0.2) is 0 Å². The molecule has 1 aliphatic rings. The summed E-state index contributed by atoms with van der Waals surface area (Å²) in [6.07, 6.45) is 14.3. The summed E-state index contributed by atoms with van der Waals surface area (Å²) >= 11 is 4.25. The summed E-state index contributed by atoms with van der Waals surface area (Å²) in [6.45, 7) is 15.6. The summed E-state index contributed by atoms with van der Waals surface area (Å²) in [7, 11) is 0. The molecule has 2 rings (SSSR count). The molecule has 0 bridgehead atoms. The Kier molecular flexibility index (Phi) is 14.0. The van der Waals surface area contributed by atoms with Crippen molar-refractivity contribution in [1.82, 2.24) is 10.6 Å². The second kappa shape index (κ2) is 15.0. The summed E-state index contributed by atoms with van der Waals surface area (Å²) < 4.78 is 0. The molecule has 0 saturated carbocycles. The molecule has 160 valence electrons. The van der Waals surface area contributed by atoms with Crippen molar-refractivity contribution in [3.8, 4) is 12.3 Å². The number of rotatable bonds is 4. The third-order valence-corrected chi connectivity index (χ3v) is 4.77. The van der Waals surface area contributed by atoms with Crippen LogP contribution in [0.1, 0.15) is 65.0 Å². The summed E-state index contributed by atoms with van der Waals surface area (Å²) in [5.41, 5.74) is 5.33. The number of thiol groups is 1. The molecule has 0 aromatic heterocycles. The summed E-state index contributed by atoms with van der Waals surface area (Å²) in [5.74, 6) is 2.52. The van der Waals surface area contributed by atoms with Gasteiger partial charge in [0.05, 0.1) is 12.2 Å². The number of aryl methyl sites for hydroxylation is 2. The number of nitrogens with one attached hydrogen (secondary N) is 2. The van der Waals surface area contributed by atoms with Crippen LogP contribution in [-0.4, -0.2) is 12.2 Å². The van der Waals surface area contributed by atoms with Gasteiger partial charge in [0.2, 0.25) is 0 Å². The van der Waals surface area contributed by atoms with E-state index in [1.165, 1.54) is 22.4 Å². The molecular weight excluding hydrogens is 372 g/mol. The maximum absolute atomic E-state index is 4.89. The lowest BCUT2D eigenvalue weighted by Crippen LogP contribution is -2.51. The van der Waals surface area contributed by atoms with Crippen LogP contribution in [-0.2, 0) is 0 Å². The second-order valence-electron chi connectivity index (χ2n) is 7.47. The van der Waals surface area contributed by atoms with Gasteiger partial charge in [0, 0.05) is 12.1 Å². The van der Waals surface area contributed by atoms with Crippen molar-refractivity contribution in [3.63, 3.8) is 0 Å². The minimum atomic E-state index is -0.0379. The van der Waals surface area contributed by atoms with E-state index in [9.17, 15) is 0 Å². The second-order valence-corrected chi connectivity index (χ2v) is 8.17. The highest BCUT2D eigenvalue weighted by Gasteiger charge is 2.28. The Morgan fingerprint density at radius 2 is 1.72 bits per heavy atom. The SMILES string of the molecule is C#CCCC.CCC1=C(C)NCNC1(C)/C=C/C=C(/C)S.Cc1ccc(C)cc1. The van der Waals surface area contributed by atoms with Crippen LogP contribution < -0.4 is 10.6 Å². The predicted octanol–water partition coefficient (Wildman–Crippen LogP) is 6.69. The highest BCUT2D eigenvalue weighted by Crippen LogP contribution is 2.26. The van der Waals surface area contributed by atoms with E-state index in [1.54, 1.807) is 0 Å². The maximum atomic E-state index is 4.89. The van der Waals surface area contributed by atoms with Gasteiger partial charge in [0.25, 0.3) is 0 Å². The molecule has 0 fully saturated rings. The van der Waals surface area contributed by atoms with Gasteiger partial charge in [-0.15, -0.1) is 25.0 Å². The minimum absolute atomic E-state index is 0.0379. The maximum Gasteiger partial charge on any atom is 0.0659 e. The Bertz CT molecular complexity index is 695. The van der Waals surface area contributed by atoms with Crippen LogP contribution in [0.25, 0.3) is 0 Å². The number of allylic oxidation sites excluding steroid dienone is 4. The van der Waals surface area contributed by atoms with E-state index in [4.69, 9.17) is 6.42 Å². The van der Waals surface area contributed by atoms with E-state index in [2.05, 4.69) is 107 Å². The highest BCUT2D eigenvalue weighted by molar-refractivity contribution is 7.84. The zero-order valence-corrected chi connectivity index (χ0v) is 20.3. The van der Waals surface area contributed by atoms with Crippen LogP contribution in [0, 0.1) is 26.2 Å². The van der Waals surface area contributed by atoms with Crippen molar-refractivity contribution in [3.05, 3.63) is 69.8 Å². The van der Waals surface area contributed by atoms with Crippen molar-refractivity contribution in [2.75, 3.05) is 6.67 Å². The largest absolute Gasteiger partial charge is 0.376 e. The molecule has 0 saturated heterocycles. The van der Waals surface area contributed by atoms with E-state index in [0.29, 0.717) is 0 Å². The van der Waals surface area contributed by atoms with Crippen LogP contribution in [0.15, 0.2) is 58.7 Å². The minimum Gasteiger partial charge on any atom is -0.376 e. The Labute approximate surface area is 185 Å². The molecule has 1 aromatic carbocycles. The van der Waals surface area contributed by atoms with Crippen molar-refractivity contribution >= 4 is 12.6 Å². The first-order chi connectivity index (χ1) is 13.7. The monoisotopic (exact) mass is 412 g/mol. The number of benzene rings is 1. The summed E-state index contributed by atoms with van der Waals surface area (Å²) in [4.78, 5) is 1.02. The van der Waals surface area contributed by atoms with Crippen molar-refractivity contribution in [2.24, 2.45) is 0 Å². The average Bonchev–Trinajstić information content (AvgIpc) is 2.66. The number of hydrogen-bond donors (Lipinski definition) is 3. The molecule has 1 aromatic rings. The average molecular weight is 413 g/mol. The standard InChI is InChI=1S/C13H22N2S.C8H10.C5H8/c1-5-12-11(3)14-9-15-13(12,4)8-6-7-10(2)16;1-7-3-5-8(2)6-4-7;1-3-5-4-2/h6-8,14-16H,5,9H2,1-4H3;3-6H,1-2H3;1H,4-5H2,2H3/b8-6+,10-7-;;. The Morgan fingerprint density at radius 1 is 1.17 bits per heavy atom. The van der Waals surface area contributed by atoms with E-state index in [1.807, 2.05) is 13.0 Å². The lowest BCUT2D eigenvalue weighted by atomic mass is 9.86. The predicted molar refractivity (Wildman–Crippen MR) is 134 cm³/mol. The quantitative estimate of drug-likeness (QED) is 0.291. The van der Waals surface area contributed by atoms with Gasteiger partial charge in [-0.3, -0.25) is 5.32 Å². The first kappa shape index (κ1) is 27.1. The van der Waals surface area contributed by atoms with E-state index in [0.717, 1.165) is 30.8 Å².